The molecule has 14 heavy (non-hydrogen) atoms. The fourth-order valence-electron chi connectivity index (χ4n) is 0.887. The summed E-state index contributed by atoms with van der Waals surface area (Å²) in [5, 5.41) is 10.3. The van der Waals surface area contributed by atoms with Gasteiger partial charge in [0.2, 0.25) is 5.69 Å². The first-order valence-electron chi connectivity index (χ1n) is 4.05. The molecule has 0 aliphatic heterocycles. The zero-order chi connectivity index (χ0) is 10.7. The Labute approximate surface area is 80.0 Å². The third-order valence-corrected chi connectivity index (χ3v) is 1.43. The second-order valence-corrected chi connectivity index (χ2v) is 2.97. The first kappa shape index (κ1) is 10.2. The minimum Gasteiger partial charge on any atom is -0.457 e. The van der Waals surface area contributed by atoms with Crippen molar-refractivity contribution in [3.8, 4) is 0 Å². The molecule has 0 spiro atoms. The van der Waals surface area contributed by atoms with Crippen LogP contribution in [0.3, 0.4) is 0 Å². The summed E-state index contributed by atoms with van der Waals surface area (Å²) in [6.45, 7) is 3.41. The van der Waals surface area contributed by atoms with Crippen LogP contribution in [0.15, 0.2) is 12.1 Å². The van der Waals surface area contributed by atoms with Gasteiger partial charge in [0.05, 0.1) is 6.10 Å². The van der Waals surface area contributed by atoms with Crippen LogP contribution < -0.4 is 0 Å². The maximum absolute atomic E-state index is 11.2. The summed E-state index contributed by atoms with van der Waals surface area (Å²) >= 11 is 0. The average Bonchev–Trinajstić information content (AvgIpc) is 2.50. The van der Waals surface area contributed by atoms with E-state index < -0.39 is 10.9 Å². The predicted octanol–water partition coefficient (Wildman–Crippen LogP) is 1.49. The molecule has 0 fully saturated rings. The van der Waals surface area contributed by atoms with Gasteiger partial charge in [-0.3, -0.25) is 0 Å². The van der Waals surface area contributed by atoms with Crippen LogP contribution in [0.1, 0.15) is 24.3 Å². The van der Waals surface area contributed by atoms with E-state index in [9.17, 15) is 14.9 Å². The number of aromatic nitrogens is 1. The number of carbonyl (C=O) groups is 1. The Hall–Kier alpha value is -1.85. The second-order valence-electron chi connectivity index (χ2n) is 2.97. The number of ether oxygens (including phenoxy) is 1. The van der Waals surface area contributed by atoms with E-state index in [0.29, 0.717) is 0 Å². The third kappa shape index (κ3) is 2.32. The SMILES string of the molecule is CC(C)OC(=O)c1ccc([N+](=O)[O-])[nH]1. The lowest BCUT2D eigenvalue weighted by molar-refractivity contribution is -0.389. The monoisotopic (exact) mass is 198 g/mol. The molecule has 0 saturated carbocycles. The molecule has 1 aromatic rings. The molecule has 0 unspecified atom stereocenters. The van der Waals surface area contributed by atoms with Gasteiger partial charge in [-0.1, -0.05) is 0 Å². The first-order chi connectivity index (χ1) is 6.50. The summed E-state index contributed by atoms with van der Waals surface area (Å²) in [6, 6.07) is 2.54. The maximum Gasteiger partial charge on any atom is 0.378 e. The lowest BCUT2D eigenvalue weighted by atomic mass is 10.4. The number of hydrogen-bond acceptors (Lipinski definition) is 4. The Morgan fingerprint density at radius 3 is 2.64 bits per heavy atom. The summed E-state index contributed by atoms with van der Waals surface area (Å²) in [5.41, 5.74) is 0.0883. The number of carbonyl (C=O) groups excluding carboxylic acids is 1. The molecule has 0 saturated heterocycles. The lowest BCUT2D eigenvalue weighted by Crippen LogP contribution is -2.11. The van der Waals surface area contributed by atoms with Crippen molar-refractivity contribution in [2.24, 2.45) is 0 Å². The molecule has 76 valence electrons. The lowest BCUT2D eigenvalue weighted by Gasteiger charge is -2.03. The number of aromatic amines is 1. The van der Waals surface area contributed by atoms with Crippen LogP contribution in [-0.2, 0) is 4.74 Å². The van der Waals surface area contributed by atoms with Crippen LogP contribution in [-0.4, -0.2) is 22.0 Å². The molecule has 6 nitrogen and oxygen atoms in total. The van der Waals surface area contributed by atoms with Gasteiger partial charge in [0.15, 0.2) is 0 Å². The minimum absolute atomic E-state index is 0.0883. The third-order valence-electron chi connectivity index (χ3n) is 1.43. The van der Waals surface area contributed by atoms with E-state index in [1.807, 2.05) is 0 Å². The molecular formula is C8H10N2O4. The van der Waals surface area contributed by atoms with Gasteiger partial charge >= 0.3 is 11.8 Å². The largest absolute Gasteiger partial charge is 0.457 e. The van der Waals surface area contributed by atoms with E-state index in [-0.39, 0.29) is 17.6 Å². The number of hydrogen-bond donors (Lipinski definition) is 1. The standard InChI is InChI=1S/C8H10N2O4/c1-5(2)14-8(11)6-3-4-7(9-6)10(12)13/h3-5,9H,1-2H3. The quantitative estimate of drug-likeness (QED) is 0.453. The van der Waals surface area contributed by atoms with E-state index in [1.165, 1.54) is 12.1 Å². The zero-order valence-corrected chi connectivity index (χ0v) is 7.81. The van der Waals surface area contributed by atoms with Gasteiger partial charge < -0.3 is 14.9 Å². The van der Waals surface area contributed by atoms with Crippen molar-refractivity contribution >= 4 is 11.8 Å². The van der Waals surface area contributed by atoms with Crippen LogP contribution >= 0.6 is 0 Å². The van der Waals surface area contributed by atoms with Gasteiger partial charge in [0.25, 0.3) is 0 Å². The molecule has 0 atom stereocenters. The molecule has 1 rings (SSSR count). The highest BCUT2D eigenvalue weighted by atomic mass is 16.6. The van der Waals surface area contributed by atoms with E-state index in [1.54, 1.807) is 13.8 Å². The molecule has 0 amide bonds. The number of nitro groups is 1. The smallest absolute Gasteiger partial charge is 0.378 e. The van der Waals surface area contributed by atoms with E-state index in [4.69, 9.17) is 4.74 Å². The van der Waals surface area contributed by atoms with Crippen molar-refractivity contribution in [2.45, 2.75) is 20.0 Å². The Bertz CT molecular complexity index is 356. The highest BCUT2D eigenvalue weighted by molar-refractivity contribution is 5.88. The van der Waals surface area contributed by atoms with Gasteiger partial charge in [-0.25, -0.2) is 9.78 Å². The van der Waals surface area contributed by atoms with Crippen LogP contribution in [0, 0.1) is 10.1 Å². The maximum atomic E-state index is 11.2. The number of rotatable bonds is 3. The molecule has 1 heterocycles. The van der Waals surface area contributed by atoms with Gasteiger partial charge in [-0.05, 0) is 18.8 Å². The number of H-pyrrole nitrogens is 1. The summed E-state index contributed by atoms with van der Waals surface area (Å²) < 4.78 is 4.84. The van der Waals surface area contributed by atoms with Gasteiger partial charge in [-0.2, -0.15) is 0 Å². The van der Waals surface area contributed by atoms with Gasteiger partial charge in [0, 0.05) is 12.1 Å². The topological polar surface area (TPSA) is 85.2 Å². The van der Waals surface area contributed by atoms with Crippen molar-refractivity contribution in [3.05, 3.63) is 27.9 Å². The highest BCUT2D eigenvalue weighted by Crippen LogP contribution is 2.11. The van der Waals surface area contributed by atoms with Crippen molar-refractivity contribution in [3.63, 3.8) is 0 Å². The van der Waals surface area contributed by atoms with Crippen molar-refractivity contribution in [1.82, 2.24) is 4.98 Å². The highest BCUT2D eigenvalue weighted by Gasteiger charge is 2.17. The molecule has 0 aliphatic carbocycles. The number of nitrogens with zero attached hydrogens (tertiary/aromatic N) is 1. The molecule has 1 N–H and O–H groups in total. The van der Waals surface area contributed by atoms with Crippen LogP contribution in [0.25, 0.3) is 0 Å². The minimum atomic E-state index is -0.605. The predicted molar refractivity (Wildman–Crippen MR) is 48.0 cm³/mol. The van der Waals surface area contributed by atoms with Crippen LogP contribution in [0.2, 0.25) is 0 Å². The van der Waals surface area contributed by atoms with E-state index in [0.717, 1.165) is 0 Å². The first-order valence-corrected chi connectivity index (χ1v) is 4.05. The van der Waals surface area contributed by atoms with Crippen molar-refractivity contribution in [2.75, 3.05) is 0 Å². The van der Waals surface area contributed by atoms with Crippen LogP contribution in [0.5, 0.6) is 0 Å². The summed E-state index contributed by atoms with van der Waals surface area (Å²) in [7, 11) is 0. The fourth-order valence-corrected chi connectivity index (χ4v) is 0.887. The zero-order valence-electron chi connectivity index (χ0n) is 7.81. The van der Waals surface area contributed by atoms with Gasteiger partial charge in [0.1, 0.15) is 0 Å². The number of esters is 1. The summed E-state index contributed by atoms with van der Waals surface area (Å²) in [5.74, 6) is -0.811. The number of nitrogens with one attached hydrogen (secondary N) is 1. The molecule has 0 aliphatic rings. The molecule has 1 aromatic heterocycles. The van der Waals surface area contributed by atoms with Gasteiger partial charge in [-0.15, -0.1) is 0 Å². The molecule has 0 aromatic carbocycles. The summed E-state index contributed by atoms with van der Waals surface area (Å²) in [6.07, 6.45) is -0.246. The molecular weight excluding hydrogens is 188 g/mol. The Kier molecular flexibility index (Phi) is 2.85. The molecule has 6 heteroatoms. The molecule has 0 bridgehead atoms. The normalized spacial score (nSPS) is 10.2. The van der Waals surface area contributed by atoms with Crippen molar-refractivity contribution in [1.29, 1.82) is 0 Å². The Morgan fingerprint density at radius 2 is 2.21 bits per heavy atom. The Balaban J connectivity index is 2.76. The summed E-state index contributed by atoms with van der Waals surface area (Å²) in [4.78, 5) is 23.2. The van der Waals surface area contributed by atoms with E-state index >= 15 is 0 Å². The fraction of sp³-hybridized carbons (Fsp3) is 0.375. The van der Waals surface area contributed by atoms with E-state index in [2.05, 4.69) is 4.98 Å². The van der Waals surface area contributed by atoms with Crippen molar-refractivity contribution < 1.29 is 14.5 Å². The Morgan fingerprint density at radius 1 is 1.57 bits per heavy atom. The second kappa shape index (κ2) is 3.91. The van der Waals surface area contributed by atoms with Crippen LogP contribution in [0.4, 0.5) is 5.82 Å². The average molecular weight is 198 g/mol. The molecule has 0 radical (unpaired) electrons.